The molecule has 2 fully saturated rings. The van der Waals surface area contributed by atoms with Crippen molar-refractivity contribution in [2.24, 2.45) is 5.73 Å². The summed E-state index contributed by atoms with van der Waals surface area (Å²) in [7, 11) is 2.05. The molecule has 2 saturated heterocycles. The van der Waals surface area contributed by atoms with E-state index in [0.29, 0.717) is 37.4 Å². The van der Waals surface area contributed by atoms with Gasteiger partial charge in [-0.15, -0.1) is 0 Å². The number of nitrogens with zero attached hydrogens (tertiary/aromatic N) is 1. The Morgan fingerprint density at radius 2 is 2.07 bits per heavy atom. The van der Waals surface area contributed by atoms with E-state index in [0.717, 1.165) is 17.7 Å². The van der Waals surface area contributed by atoms with Crippen LogP contribution in [0.2, 0.25) is 0 Å². The van der Waals surface area contributed by atoms with E-state index in [1.165, 1.54) is 0 Å². The normalized spacial score (nSPS) is 40.1. The average Bonchev–Trinajstić information content (AvgIpc) is 3.24. The highest BCUT2D eigenvalue weighted by Gasteiger charge is 2.75. The highest BCUT2D eigenvalue weighted by Crippen LogP contribution is 2.65. The molecule has 1 amide bonds. The molecule has 2 aliphatic carbocycles. The van der Waals surface area contributed by atoms with Gasteiger partial charge in [0.2, 0.25) is 5.79 Å². The smallest absolute Gasteiger partial charge is 0.252 e. The topological polar surface area (TPSA) is 94.3 Å². The number of primary amides is 1. The predicted molar refractivity (Wildman–Crippen MR) is 94.5 cm³/mol. The van der Waals surface area contributed by atoms with Crippen molar-refractivity contribution >= 4 is 5.91 Å². The molecule has 2 unspecified atom stereocenters. The first-order valence-corrected chi connectivity index (χ1v) is 9.47. The Labute approximate surface area is 156 Å². The standard InChI is InChI=1S/C20H22N2O5/c1-22-7-6-18-14-11-2-3-12(16(21)23)15(14)27-17(18)20(25-8-9-26-20)5-4-19(18,24)13(22)10-11/h2-5,13,17,24H,6-10H2,1H3,(H2,21,23)/t13-,17?,18+,19?/m1/s1. The van der Waals surface area contributed by atoms with Gasteiger partial charge in [-0.25, -0.2) is 0 Å². The van der Waals surface area contributed by atoms with Gasteiger partial charge in [-0.1, -0.05) is 6.07 Å². The molecule has 2 spiro atoms. The summed E-state index contributed by atoms with van der Waals surface area (Å²) in [5.74, 6) is -1.08. The van der Waals surface area contributed by atoms with Gasteiger partial charge in [-0.05, 0) is 50.2 Å². The van der Waals surface area contributed by atoms with Crippen LogP contribution in [-0.4, -0.2) is 66.3 Å². The van der Waals surface area contributed by atoms with Crippen molar-refractivity contribution in [3.63, 3.8) is 0 Å². The molecule has 4 atom stereocenters. The molecule has 0 radical (unpaired) electrons. The number of ether oxygens (including phenoxy) is 3. The van der Waals surface area contributed by atoms with Gasteiger partial charge < -0.3 is 25.1 Å². The number of hydrogen-bond donors (Lipinski definition) is 2. The van der Waals surface area contributed by atoms with Gasteiger partial charge in [0, 0.05) is 11.6 Å². The fraction of sp³-hybridized carbons (Fsp3) is 0.550. The Hall–Kier alpha value is -1.93. The summed E-state index contributed by atoms with van der Waals surface area (Å²) < 4.78 is 18.5. The van der Waals surface area contributed by atoms with E-state index in [1.807, 2.05) is 25.3 Å². The fourth-order valence-corrected chi connectivity index (χ4v) is 6.18. The van der Waals surface area contributed by atoms with Gasteiger partial charge in [0.1, 0.15) is 11.4 Å². The van der Waals surface area contributed by atoms with E-state index in [4.69, 9.17) is 19.9 Å². The Balaban J connectivity index is 1.70. The van der Waals surface area contributed by atoms with E-state index < -0.39 is 28.8 Å². The highest BCUT2D eigenvalue weighted by atomic mass is 16.8. The molecule has 3 aliphatic heterocycles. The van der Waals surface area contributed by atoms with Gasteiger partial charge >= 0.3 is 0 Å². The van der Waals surface area contributed by atoms with E-state index in [9.17, 15) is 9.90 Å². The Kier molecular flexibility index (Phi) is 2.81. The second-order valence-electron chi connectivity index (χ2n) is 8.34. The number of rotatable bonds is 1. The SMILES string of the molecule is CN1CC[C@]23c4c5ccc(C(N)=O)c4OC2C2(C=CC3(O)[C@H]1C5)OCCO2. The largest absolute Gasteiger partial charge is 0.482 e. The van der Waals surface area contributed by atoms with Crippen LogP contribution in [0.4, 0.5) is 0 Å². The minimum Gasteiger partial charge on any atom is -0.482 e. The zero-order valence-corrected chi connectivity index (χ0v) is 15.1. The maximum atomic E-state index is 12.1. The minimum absolute atomic E-state index is 0.0785. The van der Waals surface area contributed by atoms with Crippen LogP contribution >= 0.6 is 0 Å². The van der Waals surface area contributed by atoms with Crippen LogP contribution in [0.5, 0.6) is 5.75 Å². The number of benzene rings is 1. The third-order valence-electron chi connectivity index (χ3n) is 7.34. The monoisotopic (exact) mass is 370 g/mol. The van der Waals surface area contributed by atoms with Crippen molar-refractivity contribution in [2.45, 2.75) is 41.8 Å². The van der Waals surface area contributed by atoms with Crippen LogP contribution in [0.25, 0.3) is 0 Å². The molecule has 5 aliphatic rings. The van der Waals surface area contributed by atoms with Crippen LogP contribution in [0, 0.1) is 0 Å². The molecule has 1 aromatic carbocycles. The summed E-state index contributed by atoms with van der Waals surface area (Å²) in [4.78, 5) is 14.3. The van der Waals surface area contributed by atoms with Crippen LogP contribution in [0.15, 0.2) is 24.3 Å². The number of carbonyl (C=O) groups is 1. The predicted octanol–water partition coefficient (Wildman–Crippen LogP) is 0.0885. The maximum Gasteiger partial charge on any atom is 0.252 e. The molecular weight excluding hydrogens is 348 g/mol. The van der Waals surface area contributed by atoms with Crippen molar-refractivity contribution in [1.82, 2.24) is 4.90 Å². The van der Waals surface area contributed by atoms with Crippen LogP contribution in [0.3, 0.4) is 0 Å². The Bertz CT molecular complexity index is 908. The lowest BCUT2D eigenvalue weighted by molar-refractivity contribution is -0.237. The molecule has 3 heterocycles. The molecule has 0 aromatic heterocycles. The number of likely N-dealkylation sites (N-methyl/N-ethyl adjacent to an activating group) is 1. The molecule has 7 heteroatoms. The number of hydrogen-bond acceptors (Lipinski definition) is 6. The zero-order valence-electron chi connectivity index (χ0n) is 15.1. The van der Waals surface area contributed by atoms with Gasteiger partial charge in [-0.2, -0.15) is 0 Å². The second-order valence-corrected chi connectivity index (χ2v) is 8.34. The molecule has 0 saturated carbocycles. The fourth-order valence-electron chi connectivity index (χ4n) is 6.18. The number of aliphatic hydroxyl groups is 1. The van der Waals surface area contributed by atoms with Crippen molar-refractivity contribution in [2.75, 3.05) is 26.8 Å². The summed E-state index contributed by atoms with van der Waals surface area (Å²) in [5, 5.41) is 12.0. The lowest BCUT2D eigenvalue weighted by Crippen LogP contribution is -2.77. The number of amides is 1. The molecule has 7 nitrogen and oxygen atoms in total. The molecule has 6 rings (SSSR count). The van der Waals surface area contributed by atoms with Crippen molar-refractivity contribution in [1.29, 1.82) is 0 Å². The van der Waals surface area contributed by atoms with E-state index in [-0.39, 0.29) is 6.04 Å². The highest BCUT2D eigenvalue weighted by molar-refractivity contribution is 5.97. The quantitative estimate of drug-likeness (QED) is 0.681. The first-order valence-electron chi connectivity index (χ1n) is 9.47. The van der Waals surface area contributed by atoms with Crippen LogP contribution < -0.4 is 10.5 Å². The van der Waals surface area contributed by atoms with E-state index >= 15 is 0 Å². The van der Waals surface area contributed by atoms with Crippen molar-refractivity contribution in [3.8, 4) is 5.75 Å². The first kappa shape index (κ1) is 16.1. The third kappa shape index (κ3) is 1.58. The summed E-state index contributed by atoms with van der Waals surface area (Å²) in [5.41, 5.74) is 6.15. The second kappa shape index (κ2) is 4.72. The lowest BCUT2D eigenvalue weighted by Gasteiger charge is -2.62. The summed E-state index contributed by atoms with van der Waals surface area (Å²) >= 11 is 0. The summed E-state index contributed by atoms with van der Waals surface area (Å²) in [6, 6.07) is 3.62. The van der Waals surface area contributed by atoms with Crippen molar-refractivity contribution < 1.29 is 24.1 Å². The lowest BCUT2D eigenvalue weighted by atomic mass is 9.50. The number of piperidine rings is 1. The molecular formula is C20H22N2O5. The van der Waals surface area contributed by atoms with Crippen LogP contribution in [0.1, 0.15) is 27.9 Å². The minimum atomic E-state index is -1.13. The Morgan fingerprint density at radius 1 is 1.30 bits per heavy atom. The molecule has 27 heavy (non-hydrogen) atoms. The van der Waals surface area contributed by atoms with Crippen LogP contribution in [-0.2, 0) is 21.3 Å². The van der Waals surface area contributed by atoms with Gasteiger partial charge in [0.15, 0.2) is 6.10 Å². The Morgan fingerprint density at radius 3 is 2.81 bits per heavy atom. The number of fused-ring (bicyclic) bond motifs is 1. The van der Waals surface area contributed by atoms with E-state index in [1.54, 1.807) is 6.07 Å². The van der Waals surface area contributed by atoms with Gasteiger partial charge in [-0.3, -0.25) is 9.69 Å². The van der Waals surface area contributed by atoms with Gasteiger partial charge in [0.25, 0.3) is 5.91 Å². The number of likely N-dealkylation sites (tertiary alicyclic amines) is 1. The molecule has 3 N–H and O–H groups in total. The first-order chi connectivity index (χ1) is 12.9. The zero-order chi connectivity index (χ0) is 18.6. The summed E-state index contributed by atoms with van der Waals surface area (Å²) in [6.45, 7) is 1.75. The molecule has 2 bridgehead atoms. The van der Waals surface area contributed by atoms with Crippen molar-refractivity contribution in [3.05, 3.63) is 41.0 Å². The molecule has 1 aromatic rings. The van der Waals surface area contributed by atoms with E-state index in [2.05, 4.69) is 4.90 Å². The number of nitrogens with two attached hydrogens (primary N) is 1. The maximum absolute atomic E-state index is 12.1. The number of carbonyl (C=O) groups excluding carboxylic acids is 1. The molecule has 142 valence electrons. The summed E-state index contributed by atoms with van der Waals surface area (Å²) in [6.07, 6.45) is 4.48. The third-order valence-corrected chi connectivity index (χ3v) is 7.34. The van der Waals surface area contributed by atoms with Gasteiger partial charge in [0.05, 0.1) is 24.2 Å². The average molecular weight is 370 g/mol.